The quantitative estimate of drug-likeness (QED) is 0.838. The summed E-state index contributed by atoms with van der Waals surface area (Å²) in [6, 6.07) is 6.07. The summed E-state index contributed by atoms with van der Waals surface area (Å²) in [4.78, 5) is 0. The molecule has 1 aromatic carbocycles. The number of hydrogen-bond acceptors (Lipinski definition) is 6. The van der Waals surface area contributed by atoms with Crippen molar-refractivity contribution in [3.05, 3.63) is 28.2 Å². The summed E-state index contributed by atoms with van der Waals surface area (Å²) < 4.78 is 7.13. The largest absolute Gasteiger partial charge is 0.496 e. The molecule has 0 aliphatic carbocycles. The predicted molar refractivity (Wildman–Crippen MR) is 79.7 cm³/mol. The number of halogens is 1. The fourth-order valence-corrected chi connectivity index (χ4v) is 3.55. The molecule has 0 fully saturated rings. The number of hydrogen-bond donors (Lipinski definition) is 1. The van der Waals surface area contributed by atoms with E-state index in [1.54, 1.807) is 30.2 Å². The van der Waals surface area contributed by atoms with Gasteiger partial charge in [-0.15, -0.1) is 10.2 Å². The van der Waals surface area contributed by atoms with Crippen molar-refractivity contribution in [2.24, 2.45) is 0 Å². The minimum absolute atomic E-state index is 0.841. The molecular weight excluding hydrogens is 334 g/mol. The van der Waals surface area contributed by atoms with E-state index in [0.29, 0.717) is 0 Å². The van der Waals surface area contributed by atoms with Crippen LogP contribution in [0.2, 0.25) is 0 Å². The Hall–Kier alpha value is -0.790. The molecule has 7 heteroatoms. The second kappa shape index (κ2) is 6.40. The third-order valence-corrected chi connectivity index (χ3v) is 4.96. The second-order valence-corrected chi connectivity index (χ2v) is 6.44. The van der Waals surface area contributed by atoms with Crippen molar-refractivity contribution in [2.45, 2.75) is 10.1 Å². The molecule has 1 N–H and O–H groups in total. The van der Waals surface area contributed by atoms with Gasteiger partial charge in [0.2, 0.25) is 5.13 Å². The number of rotatable bonds is 5. The van der Waals surface area contributed by atoms with Gasteiger partial charge in [0.15, 0.2) is 4.34 Å². The van der Waals surface area contributed by atoms with Crippen LogP contribution in [0.4, 0.5) is 5.13 Å². The number of ether oxygens (including phenoxy) is 1. The van der Waals surface area contributed by atoms with Crippen LogP contribution >= 0.6 is 39.0 Å². The van der Waals surface area contributed by atoms with Crippen LogP contribution in [-0.4, -0.2) is 24.4 Å². The molecular formula is C11H12BrN3OS2. The Kier molecular flexibility index (Phi) is 4.85. The van der Waals surface area contributed by atoms with Crippen LogP contribution in [0.25, 0.3) is 0 Å². The highest BCUT2D eigenvalue weighted by Crippen LogP contribution is 2.31. The minimum atomic E-state index is 0.841. The molecule has 2 aromatic rings. The molecule has 0 amide bonds. The van der Waals surface area contributed by atoms with E-state index in [9.17, 15) is 0 Å². The zero-order valence-corrected chi connectivity index (χ0v) is 13.2. The minimum Gasteiger partial charge on any atom is -0.496 e. The zero-order valence-electron chi connectivity index (χ0n) is 9.94. The van der Waals surface area contributed by atoms with Gasteiger partial charge in [-0.05, 0) is 33.6 Å². The third-order valence-electron chi connectivity index (χ3n) is 2.20. The summed E-state index contributed by atoms with van der Waals surface area (Å²) >= 11 is 6.71. The lowest BCUT2D eigenvalue weighted by atomic mass is 10.2. The van der Waals surface area contributed by atoms with Gasteiger partial charge in [0.1, 0.15) is 5.75 Å². The smallest absolute Gasteiger partial charge is 0.206 e. The first-order chi connectivity index (χ1) is 8.72. The molecule has 4 nitrogen and oxygen atoms in total. The van der Waals surface area contributed by atoms with Crippen LogP contribution in [0, 0.1) is 0 Å². The van der Waals surface area contributed by atoms with Crippen LogP contribution in [0.5, 0.6) is 5.75 Å². The molecule has 0 aliphatic heterocycles. The van der Waals surface area contributed by atoms with Gasteiger partial charge >= 0.3 is 0 Å². The van der Waals surface area contributed by atoms with Crippen LogP contribution in [0.1, 0.15) is 5.56 Å². The van der Waals surface area contributed by atoms with Crippen LogP contribution in [0.15, 0.2) is 27.0 Å². The van der Waals surface area contributed by atoms with Crippen molar-refractivity contribution in [2.75, 3.05) is 19.5 Å². The van der Waals surface area contributed by atoms with Gasteiger partial charge in [-0.1, -0.05) is 29.2 Å². The first-order valence-electron chi connectivity index (χ1n) is 5.19. The normalized spacial score (nSPS) is 10.4. The molecule has 0 radical (unpaired) electrons. The average molecular weight is 346 g/mol. The van der Waals surface area contributed by atoms with Crippen molar-refractivity contribution in [1.29, 1.82) is 0 Å². The Morgan fingerprint density at radius 3 is 2.89 bits per heavy atom. The van der Waals surface area contributed by atoms with Gasteiger partial charge in [-0.3, -0.25) is 0 Å². The molecule has 0 saturated heterocycles. The average Bonchev–Trinajstić information content (AvgIpc) is 2.84. The molecule has 0 saturated carbocycles. The second-order valence-electron chi connectivity index (χ2n) is 3.38. The summed E-state index contributed by atoms with van der Waals surface area (Å²) in [5.41, 5.74) is 1.22. The molecule has 0 unspecified atom stereocenters. The molecule has 1 heterocycles. The Bertz CT molecular complexity index is 533. The molecule has 0 bridgehead atoms. The summed E-state index contributed by atoms with van der Waals surface area (Å²) in [6.07, 6.45) is 0. The highest BCUT2D eigenvalue weighted by Gasteiger charge is 2.05. The summed E-state index contributed by atoms with van der Waals surface area (Å²) in [5.74, 6) is 1.71. The van der Waals surface area contributed by atoms with Gasteiger partial charge in [0.25, 0.3) is 0 Å². The fourth-order valence-electron chi connectivity index (χ4n) is 1.31. The van der Waals surface area contributed by atoms with Crippen molar-refractivity contribution in [3.8, 4) is 5.75 Å². The maximum Gasteiger partial charge on any atom is 0.206 e. The van der Waals surface area contributed by atoms with Crippen molar-refractivity contribution in [1.82, 2.24) is 10.2 Å². The molecule has 0 aliphatic rings. The van der Waals surface area contributed by atoms with Gasteiger partial charge in [-0.25, -0.2) is 0 Å². The van der Waals surface area contributed by atoms with E-state index in [1.807, 2.05) is 13.1 Å². The van der Waals surface area contributed by atoms with Gasteiger partial charge in [0.05, 0.1) is 11.6 Å². The number of aromatic nitrogens is 2. The lowest BCUT2D eigenvalue weighted by Gasteiger charge is -2.05. The first-order valence-corrected chi connectivity index (χ1v) is 7.79. The van der Waals surface area contributed by atoms with Crippen molar-refractivity contribution >= 4 is 44.2 Å². The number of nitrogens with one attached hydrogen (secondary N) is 1. The van der Waals surface area contributed by atoms with E-state index in [0.717, 1.165) is 25.4 Å². The van der Waals surface area contributed by atoms with Crippen LogP contribution in [-0.2, 0) is 5.75 Å². The lowest BCUT2D eigenvalue weighted by Crippen LogP contribution is -1.86. The van der Waals surface area contributed by atoms with E-state index in [1.165, 1.54) is 5.56 Å². The first kappa shape index (κ1) is 13.6. The van der Waals surface area contributed by atoms with Gasteiger partial charge in [0, 0.05) is 12.8 Å². The summed E-state index contributed by atoms with van der Waals surface area (Å²) in [7, 11) is 3.50. The SMILES string of the molecule is CNc1nnc(SCc2ccc(OC)c(Br)c2)s1. The van der Waals surface area contributed by atoms with E-state index in [2.05, 4.69) is 43.6 Å². The fraction of sp³-hybridized carbons (Fsp3) is 0.273. The van der Waals surface area contributed by atoms with E-state index in [-0.39, 0.29) is 0 Å². The molecule has 0 atom stereocenters. The number of nitrogens with zero attached hydrogens (tertiary/aromatic N) is 2. The predicted octanol–water partition coefficient (Wildman–Crippen LogP) is 3.64. The van der Waals surface area contributed by atoms with Gasteiger partial charge in [-0.2, -0.15) is 0 Å². The lowest BCUT2D eigenvalue weighted by molar-refractivity contribution is 0.412. The van der Waals surface area contributed by atoms with E-state index >= 15 is 0 Å². The topological polar surface area (TPSA) is 47.0 Å². The number of benzene rings is 1. The number of thioether (sulfide) groups is 1. The third kappa shape index (κ3) is 3.37. The Labute approximate surface area is 122 Å². The van der Waals surface area contributed by atoms with Crippen LogP contribution < -0.4 is 10.1 Å². The van der Waals surface area contributed by atoms with E-state index in [4.69, 9.17) is 4.74 Å². The highest BCUT2D eigenvalue weighted by molar-refractivity contribution is 9.10. The Morgan fingerprint density at radius 2 is 2.28 bits per heavy atom. The highest BCUT2D eigenvalue weighted by atomic mass is 79.9. The summed E-state index contributed by atoms with van der Waals surface area (Å²) in [6.45, 7) is 0. The van der Waals surface area contributed by atoms with Crippen LogP contribution in [0.3, 0.4) is 0 Å². The van der Waals surface area contributed by atoms with E-state index < -0.39 is 0 Å². The molecule has 96 valence electrons. The number of methoxy groups -OCH3 is 1. The standard InChI is InChI=1S/C11H12BrN3OS2/c1-13-10-14-15-11(18-10)17-6-7-3-4-9(16-2)8(12)5-7/h3-5H,6H2,1-2H3,(H,13,14). The molecule has 1 aromatic heterocycles. The van der Waals surface area contributed by atoms with Gasteiger partial charge < -0.3 is 10.1 Å². The maximum absolute atomic E-state index is 5.20. The zero-order chi connectivity index (χ0) is 13.0. The Balaban J connectivity index is 1.99. The summed E-state index contributed by atoms with van der Waals surface area (Å²) in [5, 5.41) is 11.9. The molecule has 2 rings (SSSR count). The Morgan fingerprint density at radius 1 is 1.44 bits per heavy atom. The monoisotopic (exact) mass is 345 g/mol. The molecule has 18 heavy (non-hydrogen) atoms. The van der Waals surface area contributed by atoms with Crippen molar-refractivity contribution < 1.29 is 4.74 Å². The maximum atomic E-state index is 5.20. The number of anilines is 1. The van der Waals surface area contributed by atoms with Crippen molar-refractivity contribution in [3.63, 3.8) is 0 Å². The molecule has 0 spiro atoms.